The van der Waals surface area contributed by atoms with Gasteiger partial charge < -0.3 is 4.74 Å². The molecule has 0 bridgehead atoms. The van der Waals surface area contributed by atoms with Crippen molar-refractivity contribution in [3.63, 3.8) is 0 Å². The van der Waals surface area contributed by atoms with Crippen molar-refractivity contribution in [3.05, 3.63) is 64.3 Å². The van der Waals surface area contributed by atoms with E-state index < -0.39 is 0 Å². The van der Waals surface area contributed by atoms with E-state index in [2.05, 4.69) is 59.6 Å². The number of benzene rings is 1. The molecule has 0 radical (unpaired) electrons. The van der Waals surface area contributed by atoms with Crippen molar-refractivity contribution in [2.45, 2.75) is 59.8 Å². The third-order valence-corrected chi connectivity index (χ3v) is 4.97. The molecular formula is C23H32BrNO. The first-order valence-electron chi connectivity index (χ1n) is 9.48. The minimum Gasteiger partial charge on any atom is -0.494 e. The van der Waals surface area contributed by atoms with Crippen molar-refractivity contribution in [1.29, 1.82) is 0 Å². The highest BCUT2D eigenvalue weighted by atomic mass is 79.9. The topological polar surface area (TPSA) is 21.6 Å². The predicted octanol–water partition coefficient (Wildman–Crippen LogP) is 7.60. The lowest BCUT2D eigenvalue weighted by Gasteiger charge is -2.08. The van der Waals surface area contributed by atoms with Gasteiger partial charge >= 0.3 is 0 Å². The Morgan fingerprint density at radius 2 is 1.77 bits per heavy atom. The molecule has 1 rings (SSSR count). The molecule has 0 saturated heterocycles. The lowest BCUT2D eigenvalue weighted by Crippen LogP contribution is -1.99. The lowest BCUT2D eigenvalue weighted by atomic mass is 10.1. The van der Waals surface area contributed by atoms with E-state index in [1.807, 2.05) is 32.1 Å². The molecule has 0 aliphatic rings. The van der Waals surface area contributed by atoms with Crippen LogP contribution in [0.15, 0.2) is 63.7 Å². The van der Waals surface area contributed by atoms with Gasteiger partial charge in [-0.3, -0.25) is 4.99 Å². The summed E-state index contributed by atoms with van der Waals surface area (Å²) in [5.41, 5.74) is 3.88. The zero-order valence-corrected chi connectivity index (χ0v) is 18.2. The Labute approximate surface area is 167 Å². The Hall–Kier alpha value is -1.61. The second-order valence-electron chi connectivity index (χ2n) is 6.39. The van der Waals surface area contributed by atoms with Crippen molar-refractivity contribution in [1.82, 2.24) is 0 Å². The highest BCUT2D eigenvalue weighted by molar-refractivity contribution is 9.11. The van der Waals surface area contributed by atoms with Crippen LogP contribution in [0.5, 0.6) is 5.75 Å². The van der Waals surface area contributed by atoms with E-state index in [0.717, 1.165) is 52.2 Å². The van der Waals surface area contributed by atoms with E-state index in [-0.39, 0.29) is 0 Å². The van der Waals surface area contributed by atoms with Gasteiger partial charge in [0.15, 0.2) is 0 Å². The fourth-order valence-corrected chi connectivity index (χ4v) is 2.43. The zero-order chi connectivity index (χ0) is 19.4. The minimum absolute atomic E-state index is 0.784. The molecule has 0 spiro atoms. The molecule has 0 saturated carbocycles. The van der Waals surface area contributed by atoms with E-state index in [9.17, 15) is 0 Å². The Morgan fingerprint density at radius 1 is 1.08 bits per heavy atom. The van der Waals surface area contributed by atoms with Crippen molar-refractivity contribution in [2.75, 3.05) is 6.61 Å². The van der Waals surface area contributed by atoms with Gasteiger partial charge in [-0.25, -0.2) is 0 Å². The Morgan fingerprint density at radius 3 is 2.38 bits per heavy atom. The first-order valence-corrected chi connectivity index (χ1v) is 10.3. The van der Waals surface area contributed by atoms with Gasteiger partial charge in [0.1, 0.15) is 5.75 Å². The Bertz CT molecular complexity index is 653. The van der Waals surface area contributed by atoms with Crippen LogP contribution in [0.25, 0.3) is 0 Å². The fraction of sp³-hybridized carbons (Fsp3) is 0.435. The van der Waals surface area contributed by atoms with Crippen LogP contribution in [0.4, 0.5) is 0 Å². The Kier molecular flexibility index (Phi) is 11.0. The van der Waals surface area contributed by atoms with Gasteiger partial charge in [0.2, 0.25) is 0 Å². The van der Waals surface area contributed by atoms with Crippen LogP contribution in [0, 0.1) is 0 Å². The molecule has 0 unspecified atom stereocenters. The van der Waals surface area contributed by atoms with Crippen molar-refractivity contribution in [3.8, 4) is 5.75 Å². The predicted molar refractivity (Wildman–Crippen MR) is 118 cm³/mol. The van der Waals surface area contributed by atoms with Gasteiger partial charge in [0.05, 0.1) is 12.3 Å². The third-order valence-electron chi connectivity index (χ3n) is 4.15. The van der Waals surface area contributed by atoms with Crippen LogP contribution in [-0.2, 0) is 0 Å². The highest BCUT2D eigenvalue weighted by Gasteiger charge is 2.01. The van der Waals surface area contributed by atoms with Crippen LogP contribution in [0.3, 0.4) is 0 Å². The van der Waals surface area contributed by atoms with Crippen molar-refractivity contribution < 1.29 is 4.74 Å². The summed E-state index contributed by atoms with van der Waals surface area (Å²) in [7, 11) is 0. The quantitative estimate of drug-likeness (QED) is 0.206. The Balaban J connectivity index is 2.64. The number of aliphatic imine (C=N–C) groups is 1. The lowest BCUT2D eigenvalue weighted by molar-refractivity contribution is 0.305. The van der Waals surface area contributed by atoms with Crippen LogP contribution < -0.4 is 4.74 Å². The van der Waals surface area contributed by atoms with E-state index in [1.54, 1.807) is 0 Å². The number of hydrogen-bond donors (Lipinski definition) is 0. The van der Waals surface area contributed by atoms with Gasteiger partial charge in [-0.15, -0.1) is 0 Å². The maximum absolute atomic E-state index is 5.79. The number of nitrogens with zero attached hydrogens (tertiary/aromatic N) is 1. The second kappa shape index (κ2) is 12.7. The SMILES string of the molecule is C=C(/N=C(\C)c1ccc(OCCCCCC)cc1)/C(C)=C/C=C(/Br)CC. The number of allylic oxidation sites excluding steroid dienone is 4. The molecule has 0 aliphatic heterocycles. The summed E-state index contributed by atoms with van der Waals surface area (Å²) < 4.78 is 6.96. The molecular weight excluding hydrogens is 386 g/mol. The van der Waals surface area contributed by atoms with Crippen LogP contribution in [0.1, 0.15) is 65.4 Å². The molecule has 2 nitrogen and oxygen atoms in total. The number of halogens is 1. The van der Waals surface area contributed by atoms with Gasteiger partial charge in [0, 0.05) is 5.71 Å². The van der Waals surface area contributed by atoms with Gasteiger partial charge in [-0.1, -0.05) is 67.8 Å². The van der Waals surface area contributed by atoms with Crippen LogP contribution >= 0.6 is 15.9 Å². The zero-order valence-electron chi connectivity index (χ0n) is 16.6. The average molecular weight is 418 g/mol. The molecule has 142 valence electrons. The third kappa shape index (κ3) is 8.66. The molecule has 0 aromatic heterocycles. The number of rotatable bonds is 11. The molecule has 0 heterocycles. The van der Waals surface area contributed by atoms with Crippen molar-refractivity contribution >= 4 is 21.6 Å². The summed E-state index contributed by atoms with van der Waals surface area (Å²) in [4.78, 5) is 4.64. The van der Waals surface area contributed by atoms with E-state index in [0.29, 0.717) is 0 Å². The number of unbranched alkanes of at least 4 members (excludes halogenated alkanes) is 3. The molecule has 26 heavy (non-hydrogen) atoms. The summed E-state index contributed by atoms with van der Waals surface area (Å²) >= 11 is 3.52. The van der Waals surface area contributed by atoms with Crippen molar-refractivity contribution in [2.24, 2.45) is 4.99 Å². The minimum atomic E-state index is 0.784. The van der Waals surface area contributed by atoms with E-state index in [4.69, 9.17) is 4.74 Å². The fourth-order valence-electron chi connectivity index (χ4n) is 2.30. The average Bonchev–Trinajstić information content (AvgIpc) is 2.65. The summed E-state index contributed by atoms with van der Waals surface area (Å²) in [6.45, 7) is 13.2. The maximum atomic E-state index is 5.79. The number of ether oxygens (including phenoxy) is 1. The highest BCUT2D eigenvalue weighted by Crippen LogP contribution is 2.17. The number of hydrogen-bond acceptors (Lipinski definition) is 2. The molecule has 1 aromatic carbocycles. The van der Waals surface area contributed by atoms with E-state index >= 15 is 0 Å². The molecule has 0 fully saturated rings. The molecule has 0 amide bonds. The smallest absolute Gasteiger partial charge is 0.119 e. The summed E-state index contributed by atoms with van der Waals surface area (Å²) in [6.07, 6.45) is 9.95. The van der Waals surface area contributed by atoms with Crippen LogP contribution in [-0.4, -0.2) is 12.3 Å². The summed E-state index contributed by atoms with van der Waals surface area (Å²) in [5, 5.41) is 0. The maximum Gasteiger partial charge on any atom is 0.119 e. The van der Waals surface area contributed by atoms with Gasteiger partial charge in [-0.05, 0) is 66.6 Å². The largest absolute Gasteiger partial charge is 0.494 e. The molecule has 0 aliphatic carbocycles. The second-order valence-corrected chi connectivity index (χ2v) is 7.41. The van der Waals surface area contributed by atoms with Crippen LogP contribution in [0.2, 0.25) is 0 Å². The van der Waals surface area contributed by atoms with E-state index in [1.165, 1.54) is 19.3 Å². The first kappa shape index (κ1) is 22.4. The van der Waals surface area contributed by atoms with Gasteiger partial charge in [-0.2, -0.15) is 0 Å². The molecule has 1 aromatic rings. The summed E-state index contributed by atoms with van der Waals surface area (Å²) in [5.74, 6) is 0.919. The molecule has 0 N–H and O–H groups in total. The summed E-state index contributed by atoms with van der Waals surface area (Å²) in [6, 6.07) is 8.14. The normalized spacial score (nSPS) is 13.0. The molecule has 3 heteroatoms. The molecule has 0 atom stereocenters. The first-order chi connectivity index (χ1) is 12.5. The standard InChI is InChI=1S/C23H32BrNO/c1-6-8-9-10-17-26-23-15-12-21(13-16-23)20(5)25-19(4)18(3)11-14-22(24)7-2/h11-16H,4,6-10,17H2,1-3,5H3/b18-11+,22-14+,25-20+. The monoisotopic (exact) mass is 417 g/mol. The van der Waals surface area contributed by atoms with Gasteiger partial charge in [0.25, 0.3) is 0 Å².